The monoisotopic (exact) mass is 269 g/mol. The molecule has 0 saturated heterocycles. The molecule has 1 aromatic rings. The normalized spacial score (nSPS) is 9.40. The summed E-state index contributed by atoms with van der Waals surface area (Å²) in [5.74, 6) is -0.415. The highest BCUT2D eigenvalue weighted by molar-refractivity contribution is 9.09. The number of methoxy groups -OCH3 is 1. The molecule has 15 heavy (non-hydrogen) atoms. The largest absolute Gasteiger partial charge is 0.504 e. The van der Waals surface area contributed by atoms with Gasteiger partial charge in [-0.25, -0.2) is 0 Å². The van der Waals surface area contributed by atoms with E-state index < -0.39 is 0 Å². The third-order valence-electron chi connectivity index (χ3n) is 1.85. The van der Waals surface area contributed by atoms with Crippen molar-refractivity contribution in [2.24, 2.45) is 0 Å². The van der Waals surface area contributed by atoms with Crippen molar-refractivity contribution in [1.82, 2.24) is 0 Å². The van der Waals surface area contributed by atoms with Crippen LogP contribution >= 0.6 is 15.9 Å². The van der Waals surface area contributed by atoms with Crippen LogP contribution in [-0.4, -0.2) is 23.3 Å². The molecular weight excluding hydrogens is 262 g/mol. The molecule has 0 heterocycles. The number of Topliss-reactive ketones (excluding diaryl/α,β-unsaturated/α-hetero) is 1. The van der Waals surface area contributed by atoms with E-state index in [1.54, 1.807) is 0 Å². The number of nitriles is 1. The standard InChI is InChI=1S/C10H8BrNO3/c1-15-9-3-6(5-12)2-7(10(9)14)8(13)4-11/h2-3,14H,4H2,1H3. The van der Waals surface area contributed by atoms with Gasteiger partial charge in [0.05, 0.1) is 29.6 Å². The molecule has 0 unspecified atom stereocenters. The van der Waals surface area contributed by atoms with E-state index in [0.29, 0.717) is 0 Å². The highest BCUT2D eigenvalue weighted by Gasteiger charge is 2.15. The molecule has 1 N–H and O–H groups in total. The second-order valence-electron chi connectivity index (χ2n) is 2.74. The van der Waals surface area contributed by atoms with Gasteiger partial charge < -0.3 is 9.84 Å². The molecule has 0 aliphatic carbocycles. The Balaban J connectivity index is 3.38. The van der Waals surface area contributed by atoms with Crippen molar-refractivity contribution in [2.45, 2.75) is 0 Å². The quantitative estimate of drug-likeness (QED) is 0.672. The molecule has 78 valence electrons. The number of nitrogens with zero attached hydrogens (tertiary/aromatic N) is 1. The van der Waals surface area contributed by atoms with Crippen molar-refractivity contribution < 1.29 is 14.6 Å². The number of halogens is 1. The van der Waals surface area contributed by atoms with Crippen LogP contribution in [0.25, 0.3) is 0 Å². The molecule has 1 rings (SSSR count). The summed E-state index contributed by atoms with van der Waals surface area (Å²) in [6.45, 7) is 0. The van der Waals surface area contributed by atoms with E-state index in [9.17, 15) is 9.90 Å². The predicted molar refractivity (Wildman–Crippen MR) is 57.5 cm³/mol. The van der Waals surface area contributed by atoms with Gasteiger partial charge in [-0.15, -0.1) is 0 Å². The van der Waals surface area contributed by atoms with Gasteiger partial charge in [0.1, 0.15) is 0 Å². The van der Waals surface area contributed by atoms with Gasteiger partial charge in [-0.3, -0.25) is 4.79 Å². The summed E-state index contributed by atoms with van der Waals surface area (Å²) in [4.78, 5) is 11.4. The minimum Gasteiger partial charge on any atom is -0.504 e. The number of benzene rings is 1. The van der Waals surface area contributed by atoms with Crippen LogP contribution in [0.3, 0.4) is 0 Å². The first-order chi connectivity index (χ1) is 7.13. The SMILES string of the molecule is COc1cc(C#N)cc(C(=O)CBr)c1O. The van der Waals surface area contributed by atoms with Gasteiger partial charge in [-0.1, -0.05) is 15.9 Å². The van der Waals surface area contributed by atoms with Crippen LogP contribution < -0.4 is 4.74 Å². The fraction of sp³-hybridized carbons (Fsp3) is 0.200. The lowest BCUT2D eigenvalue weighted by Crippen LogP contribution is -2.02. The van der Waals surface area contributed by atoms with Crippen LogP contribution in [0.15, 0.2) is 12.1 Å². The third-order valence-corrected chi connectivity index (χ3v) is 2.36. The average Bonchev–Trinajstić information content (AvgIpc) is 2.28. The van der Waals surface area contributed by atoms with Gasteiger partial charge in [-0.2, -0.15) is 5.26 Å². The maximum absolute atomic E-state index is 11.4. The molecular formula is C10H8BrNO3. The Morgan fingerprint density at radius 1 is 1.67 bits per heavy atom. The average molecular weight is 270 g/mol. The Kier molecular flexibility index (Phi) is 3.69. The zero-order valence-electron chi connectivity index (χ0n) is 7.95. The van der Waals surface area contributed by atoms with Crippen LogP contribution in [0.5, 0.6) is 11.5 Å². The van der Waals surface area contributed by atoms with E-state index >= 15 is 0 Å². The molecule has 0 aromatic heterocycles. The van der Waals surface area contributed by atoms with E-state index in [0.717, 1.165) is 0 Å². The number of alkyl halides is 1. The number of carbonyl (C=O) groups is 1. The Labute approximate surface area is 95.2 Å². The fourth-order valence-corrected chi connectivity index (χ4v) is 1.41. The number of ether oxygens (including phenoxy) is 1. The molecule has 0 saturated carbocycles. The first kappa shape index (κ1) is 11.5. The van der Waals surface area contributed by atoms with E-state index in [1.807, 2.05) is 6.07 Å². The van der Waals surface area contributed by atoms with Gasteiger partial charge >= 0.3 is 0 Å². The van der Waals surface area contributed by atoms with Crippen molar-refractivity contribution in [1.29, 1.82) is 5.26 Å². The molecule has 4 nitrogen and oxygen atoms in total. The topological polar surface area (TPSA) is 70.3 Å². The van der Waals surface area contributed by atoms with Gasteiger partial charge in [0.25, 0.3) is 0 Å². The van der Waals surface area contributed by atoms with Crippen molar-refractivity contribution in [3.8, 4) is 17.6 Å². The van der Waals surface area contributed by atoms with Gasteiger partial charge in [0, 0.05) is 6.07 Å². The Bertz CT molecular complexity index is 437. The van der Waals surface area contributed by atoms with Crippen LogP contribution in [0.4, 0.5) is 0 Å². The maximum Gasteiger partial charge on any atom is 0.177 e. The number of carbonyl (C=O) groups excluding carboxylic acids is 1. The zero-order chi connectivity index (χ0) is 11.4. The third kappa shape index (κ3) is 2.28. The summed E-state index contributed by atoms with van der Waals surface area (Å²) in [5, 5.41) is 18.4. The fourth-order valence-electron chi connectivity index (χ4n) is 1.11. The summed E-state index contributed by atoms with van der Waals surface area (Å²) in [7, 11) is 1.36. The number of rotatable bonds is 3. The number of ketones is 1. The molecule has 1 aromatic carbocycles. The zero-order valence-corrected chi connectivity index (χ0v) is 9.54. The molecule has 0 radical (unpaired) electrons. The predicted octanol–water partition coefficient (Wildman–Crippen LogP) is 1.85. The first-order valence-electron chi connectivity index (χ1n) is 4.04. The van der Waals surface area contributed by atoms with Crippen LogP contribution in [0.1, 0.15) is 15.9 Å². The lowest BCUT2D eigenvalue weighted by atomic mass is 10.1. The number of hydrogen-bond donors (Lipinski definition) is 1. The Morgan fingerprint density at radius 3 is 2.80 bits per heavy atom. The van der Waals surface area contributed by atoms with Gasteiger partial charge in [0.15, 0.2) is 17.3 Å². The van der Waals surface area contributed by atoms with Crippen molar-refractivity contribution >= 4 is 21.7 Å². The summed E-state index contributed by atoms with van der Waals surface area (Å²) >= 11 is 2.99. The maximum atomic E-state index is 11.4. The minimum absolute atomic E-state index is 0.0819. The van der Waals surface area contributed by atoms with Crippen LogP contribution in [0.2, 0.25) is 0 Å². The van der Waals surface area contributed by atoms with Crippen LogP contribution in [-0.2, 0) is 0 Å². The summed E-state index contributed by atoms with van der Waals surface area (Å²) < 4.78 is 4.85. The number of aromatic hydroxyl groups is 1. The van der Waals surface area contributed by atoms with Crippen molar-refractivity contribution in [3.63, 3.8) is 0 Å². The molecule has 0 atom stereocenters. The lowest BCUT2D eigenvalue weighted by Gasteiger charge is -2.07. The highest BCUT2D eigenvalue weighted by Crippen LogP contribution is 2.31. The smallest absolute Gasteiger partial charge is 0.177 e. The lowest BCUT2D eigenvalue weighted by molar-refractivity contribution is 0.102. The molecule has 0 aliphatic heterocycles. The number of phenolic OH excluding ortho intramolecular Hbond substituents is 1. The number of hydrogen-bond acceptors (Lipinski definition) is 4. The molecule has 0 spiro atoms. The van der Waals surface area contributed by atoms with Crippen molar-refractivity contribution in [2.75, 3.05) is 12.4 Å². The van der Waals surface area contributed by atoms with Crippen LogP contribution in [0, 0.1) is 11.3 Å². The van der Waals surface area contributed by atoms with Gasteiger partial charge in [0.2, 0.25) is 0 Å². The highest BCUT2D eigenvalue weighted by atomic mass is 79.9. The molecule has 0 bridgehead atoms. The van der Waals surface area contributed by atoms with Gasteiger partial charge in [-0.05, 0) is 6.07 Å². The molecule has 0 fully saturated rings. The minimum atomic E-state index is -0.303. The van der Waals surface area contributed by atoms with E-state index in [1.165, 1.54) is 19.2 Å². The van der Waals surface area contributed by atoms with Crippen molar-refractivity contribution in [3.05, 3.63) is 23.3 Å². The van der Waals surface area contributed by atoms with E-state index in [4.69, 9.17) is 10.00 Å². The summed E-state index contributed by atoms with van der Waals surface area (Å²) in [6, 6.07) is 4.60. The van der Waals surface area contributed by atoms with E-state index in [-0.39, 0.29) is 33.7 Å². The summed E-state index contributed by atoms with van der Waals surface area (Å²) in [5.41, 5.74) is 0.358. The first-order valence-corrected chi connectivity index (χ1v) is 5.16. The second kappa shape index (κ2) is 4.80. The molecule has 0 aliphatic rings. The molecule has 5 heteroatoms. The van der Waals surface area contributed by atoms with E-state index in [2.05, 4.69) is 15.9 Å². The molecule has 0 amide bonds. The summed E-state index contributed by atoms with van der Waals surface area (Å²) in [6.07, 6.45) is 0. The Morgan fingerprint density at radius 2 is 2.33 bits per heavy atom. The second-order valence-corrected chi connectivity index (χ2v) is 3.30. The Hall–Kier alpha value is -1.54. The number of phenols is 1.